The molecule has 0 aliphatic carbocycles. The summed E-state index contributed by atoms with van der Waals surface area (Å²) in [5.74, 6) is 0.688. The van der Waals surface area contributed by atoms with E-state index in [1.165, 1.54) is 5.56 Å². The zero-order chi connectivity index (χ0) is 19.8. The van der Waals surface area contributed by atoms with E-state index in [-0.39, 0.29) is 18.6 Å². The van der Waals surface area contributed by atoms with E-state index in [9.17, 15) is 4.79 Å². The van der Waals surface area contributed by atoms with E-state index < -0.39 is 0 Å². The molecule has 1 saturated heterocycles. The van der Waals surface area contributed by atoms with Crippen LogP contribution in [0.1, 0.15) is 48.3 Å². The first-order valence-electron chi connectivity index (χ1n) is 9.95. The number of carbonyl (C=O) groups is 1. The highest BCUT2D eigenvalue weighted by molar-refractivity contribution is 5.91. The highest BCUT2D eigenvalue weighted by Crippen LogP contribution is 2.25. The Kier molecular flexibility index (Phi) is 7.39. The highest BCUT2D eigenvalue weighted by atomic mass is 16.5. The van der Waals surface area contributed by atoms with Gasteiger partial charge < -0.3 is 15.2 Å². The molecule has 1 aliphatic rings. The Balaban J connectivity index is 1.60. The lowest BCUT2D eigenvalue weighted by Gasteiger charge is -2.32. The molecule has 1 aliphatic heterocycles. The molecule has 8 nitrogen and oxygen atoms in total. The van der Waals surface area contributed by atoms with Crippen LogP contribution >= 0.6 is 0 Å². The van der Waals surface area contributed by atoms with Crippen molar-refractivity contribution in [2.24, 2.45) is 0 Å². The number of hydrogen-bond donors (Lipinski definition) is 2. The van der Waals surface area contributed by atoms with Crippen LogP contribution < -0.4 is 10.1 Å². The van der Waals surface area contributed by atoms with E-state index in [4.69, 9.17) is 9.84 Å². The van der Waals surface area contributed by atoms with Crippen molar-refractivity contribution in [3.8, 4) is 5.75 Å². The van der Waals surface area contributed by atoms with Crippen molar-refractivity contribution in [1.82, 2.24) is 25.2 Å². The number of hydrogen-bond acceptors (Lipinski definition) is 6. The number of benzene rings is 1. The average molecular weight is 387 g/mol. The van der Waals surface area contributed by atoms with Crippen LogP contribution in [0.25, 0.3) is 0 Å². The molecule has 1 unspecified atom stereocenters. The number of aromatic nitrogens is 3. The first kappa shape index (κ1) is 20.3. The van der Waals surface area contributed by atoms with Gasteiger partial charge in [0, 0.05) is 31.8 Å². The van der Waals surface area contributed by atoms with Crippen LogP contribution in [-0.2, 0) is 6.54 Å². The Labute approximate surface area is 165 Å². The maximum Gasteiger partial charge on any atom is 0.273 e. The van der Waals surface area contributed by atoms with Crippen LogP contribution in [0.4, 0.5) is 0 Å². The predicted octanol–water partition coefficient (Wildman–Crippen LogP) is 1.63. The van der Waals surface area contributed by atoms with Gasteiger partial charge in [-0.3, -0.25) is 9.69 Å². The summed E-state index contributed by atoms with van der Waals surface area (Å²) in [5.41, 5.74) is 1.50. The third-order valence-corrected chi connectivity index (χ3v) is 4.88. The summed E-state index contributed by atoms with van der Waals surface area (Å²) in [6, 6.07) is 8.35. The number of carbonyl (C=O) groups excluding carboxylic acids is 1. The largest absolute Gasteiger partial charge is 0.494 e. The molecule has 1 aromatic heterocycles. The summed E-state index contributed by atoms with van der Waals surface area (Å²) >= 11 is 0. The van der Waals surface area contributed by atoms with Gasteiger partial charge in [-0.1, -0.05) is 23.4 Å². The number of piperidine rings is 1. The lowest BCUT2D eigenvalue weighted by Crippen LogP contribution is -2.36. The fourth-order valence-electron chi connectivity index (χ4n) is 3.49. The Morgan fingerprint density at radius 2 is 2.25 bits per heavy atom. The normalized spacial score (nSPS) is 17.4. The van der Waals surface area contributed by atoms with Crippen LogP contribution in [0.5, 0.6) is 5.75 Å². The number of nitrogens with one attached hydrogen (secondary N) is 1. The Bertz CT molecular complexity index is 764. The van der Waals surface area contributed by atoms with Crippen molar-refractivity contribution >= 4 is 5.91 Å². The van der Waals surface area contributed by atoms with Gasteiger partial charge in [0.25, 0.3) is 5.91 Å². The van der Waals surface area contributed by atoms with Crippen LogP contribution in [0.15, 0.2) is 30.5 Å². The molecule has 1 fully saturated rings. The zero-order valence-corrected chi connectivity index (χ0v) is 16.4. The molecule has 8 heteroatoms. The Hall–Kier alpha value is -2.45. The summed E-state index contributed by atoms with van der Waals surface area (Å²) in [7, 11) is 0. The number of amides is 1. The summed E-state index contributed by atoms with van der Waals surface area (Å²) < 4.78 is 7.55. The molecule has 0 radical (unpaired) electrons. The molecule has 1 atom stereocenters. The standard InChI is InChI=1S/C20H29N5O3/c1-2-28-19-9-4-3-7-16(19)13-24-11-5-8-17(14-24)25-15-18(22-23-25)20(27)21-10-6-12-26/h3-4,7,9,15,17,26H,2,5-6,8,10-14H2,1H3,(H,21,27). The lowest BCUT2D eigenvalue weighted by molar-refractivity contribution is 0.0946. The van der Waals surface area contributed by atoms with Crippen LogP contribution in [0.3, 0.4) is 0 Å². The number of aliphatic hydroxyl groups is 1. The summed E-state index contributed by atoms with van der Waals surface area (Å²) in [4.78, 5) is 14.5. The molecular weight excluding hydrogens is 358 g/mol. The van der Waals surface area contributed by atoms with Crippen molar-refractivity contribution in [2.45, 2.75) is 38.8 Å². The van der Waals surface area contributed by atoms with Crippen molar-refractivity contribution in [3.63, 3.8) is 0 Å². The zero-order valence-electron chi connectivity index (χ0n) is 16.4. The second kappa shape index (κ2) is 10.2. The fraction of sp³-hybridized carbons (Fsp3) is 0.550. The molecule has 0 bridgehead atoms. The first-order chi connectivity index (χ1) is 13.7. The molecule has 28 heavy (non-hydrogen) atoms. The van der Waals surface area contributed by atoms with Gasteiger partial charge in [-0.25, -0.2) is 4.68 Å². The predicted molar refractivity (Wildman–Crippen MR) is 105 cm³/mol. The molecule has 0 saturated carbocycles. The van der Waals surface area contributed by atoms with Crippen molar-refractivity contribution < 1.29 is 14.6 Å². The molecule has 3 rings (SSSR count). The molecule has 1 amide bonds. The van der Waals surface area contributed by atoms with E-state index in [2.05, 4.69) is 26.6 Å². The molecule has 2 heterocycles. The molecule has 0 spiro atoms. The summed E-state index contributed by atoms with van der Waals surface area (Å²) in [6.07, 6.45) is 4.33. The number of para-hydroxylation sites is 1. The maximum absolute atomic E-state index is 12.1. The van der Waals surface area contributed by atoms with Crippen LogP contribution in [0.2, 0.25) is 0 Å². The van der Waals surface area contributed by atoms with Gasteiger partial charge >= 0.3 is 0 Å². The van der Waals surface area contributed by atoms with Gasteiger partial charge in [0.1, 0.15) is 5.75 Å². The topological polar surface area (TPSA) is 92.5 Å². The van der Waals surface area contributed by atoms with Gasteiger partial charge in [0.2, 0.25) is 0 Å². The van der Waals surface area contributed by atoms with E-state index in [1.807, 2.05) is 29.8 Å². The molecule has 1 aromatic carbocycles. The highest BCUT2D eigenvalue weighted by Gasteiger charge is 2.24. The van der Waals surface area contributed by atoms with Gasteiger partial charge in [0.05, 0.1) is 18.8 Å². The van der Waals surface area contributed by atoms with Gasteiger partial charge in [-0.2, -0.15) is 0 Å². The number of aliphatic hydroxyl groups excluding tert-OH is 1. The Morgan fingerprint density at radius 1 is 1.39 bits per heavy atom. The Morgan fingerprint density at radius 3 is 3.07 bits per heavy atom. The third-order valence-electron chi connectivity index (χ3n) is 4.88. The minimum Gasteiger partial charge on any atom is -0.494 e. The molecular formula is C20H29N5O3. The van der Waals surface area contributed by atoms with Gasteiger partial charge in [-0.05, 0) is 38.8 Å². The fourth-order valence-corrected chi connectivity index (χ4v) is 3.49. The first-order valence-corrected chi connectivity index (χ1v) is 9.95. The summed E-state index contributed by atoms with van der Waals surface area (Å²) in [5, 5.41) is 19.7. The van der Waals surface area contributed by atoms with Gasteiger partial charge in [0.15, 0.2) is 5.69 Å². The number of rotatable bonds is 9. The van der Waals surface area contributed by atoms with E-state index in [1.54, 1.807) is 6.20 Å². The molecule has 2 N–H and O–H groups in total. The molecule has 2 aromatic rings. The smallest absolute Gasteiger partial charge is 0.273 e. The van der Waals surface area contributed by atoms with Crippen LogP contribution in [0, 0.1) is 0 Å². The second-order valence-corrected chi connectivity index (χ2v) is 6.99. The van der Waals surface area contributed by atoms with E-state index in [0.29, 0.717) is 25.3 Å². The quantitative estimate of drug-likeness (QED) is 0.636. The summed E-state index contributed by atoms with van der Waals surface area (Å²) in [6.45, 7) is 5.85. The SMILES string of the molecule is CCOc1ccccc1CN1CCCC(n2cc(C(=O)NCCCO)nn2)C1. The number of likely N-dealkylation sites (tertiary alicyclic amines) is 1. The number of ether oxygens (including phenoxy) is 1. The van der Waals surface area contributed by atoms with Crippen molar-refractivity contribution in [1.29, 1.82) is 0 Å². The minimum absolute atomic E-state index is 0.0529. The van der Waals surface area contributed by atoms with Crippen molar-refractivity contribution in [2.75, 3.05) is 32.8 Å². The van der Waals surface area contributed by atoms with Crippen molar-refractivity contribution in [3.05, 3.63) is 41.7 Å². The van der Waals surface area contributed by atoms with E-state index in [0.717, 1.165) is 38.2 Å². The number of nitrogens with zero attached hydrogens (tertiary/aromatic N) is 4. The molecule has 152 valence electrons. The average Bonchev–Trinajstić information content (AvgIpc) is 3.20. The second-order valence-electron chi connectivity index (χ2n) is 6.99. The maximum atomic E-state index is 12.1. The van der Waals surface area contributed by atoms with Crippen LogP contribution in [-0.4, -0.2) is 63.8 Å². The monoisotopic (exact) mass is 387 g/mol. The van der Waals surface area contributed by atoms with Gasteiger partial charge in [-0.15, -0.1) is 5.10 Å². The lowest BCUT2D eigenvalue weighted by atomic mass is 10.0. The third kappa shape index (κ3) is 5.30. The van der Waals surface area contributed by atoms with E-state index >= 15 is 0 Å². The minimum atomic E-state index is -0.252.